The molecule has 0 saturated heterocycles. The maximum Gasteiger partial charge on any atom is 0.260 e. The highest BCUT2D eigenvalue weighted by molar-refractivity contribution is 6.11. The Balaban J connectivity index is 1.82. The van der Waals surface area contributed by atoms with Crippen LogP contribution in [0.3, 0.4) is 0 Å². The first-order valence-electron chi connectivity index (χ1n) is 8.88. The number of carbonyl (C=O) groups excluding carboxylic acids is 1. The van der Waals surface area contributed by atoms with Crippen LogP contribution in [0, 0.1) is 20.8 Å². The van der Waals surface area contributed by atoms with E-state index >= 15 is 0 Å². The van der Waals surface area contributed by atoms with Crippen LogP contribution in [0.2, 0.25) is 0 Å². The minimum Gasteiger partial charge on any atom is -0.361 e. The number of aryl methyl sites for hydroxylation is 3. The number of benzene rings is 3. The minimum absolute atomic E-state index is 0.0390. The third-order valence-corrected chi connectivity index (χ3v) is 5.01. The Hall–Kier alpha value is -3.07. The van der Waals surface area contributed by atoms with Gasteiger partial charge in [-0.25, -0.2) is 0 Å². The lowest BCUT2D eigenvalue weighted by atomic mass is 10.1. The van der Waals surface area contributed by atoms with Crippen molar-refractivity contribution in [1.82, 2.24) is 0 Å². The Morgan fingerprint density at radius 3 is 2.35 bits per heavy atom. The summed E-state index contributed by atoms with van der Waals surface area (Å²) in [4.78, 5) is 15.0. The van der Waals surface area contributed by atoms with E-state index in [0.717, 1.165) is 28.1 Å². The molecular formula is C23H22N2O. The van der Waals surface area contributed by atoms with Gasteiger partial charge >= 0.3 is 0 Å². The van der Waals surface area contributed by atoms with Gasteiger partial charge in [0.2, 0.25) is 0 Å². The molecule has 1 unspecified atom stereocenters. The average Bonchev–Trinajstić information content (AvgIpc) is 2.90. The Kier molecular flexibility index (Phi) is 4.00. The van der Waals surface area contributed by atoms with E-state index in [1.807, 2.05) is 60.4 Å². The van der Waals surface area contributed by atoms with Gasteiger partial charge in [0.05, 0.1) is 0 Å². The molecule has 0 aliphatic carbocycles. The van der Waals surface area contributed by atoms with Gasteiger partial charge in [0.15, 0.2) is 0 Å². The van der Waals surface area contributed by atoms with Gasteiger partial charge in [-0.2, -0.15) is 0 Å². The van der Waals surface area contributed by atoms with E-state index in [9.17, 15) is 4.79 Å². The summed E-state index contributed by atoms with van der Waals surface area (Å²) in [5.74, 6) is 0.0390. The van der Waals surface area contributed by atoms with Crippen molar-refractivity contribution in [1.29, 1.82) is 0 Å². The summed E-state index contributed by atoms with van der Waals surface area (Å²) in [6.45, 7) is 6.22. The zero-order valence-electron chi connectivity index (χ0n) is 15.3. The summed E-state index contributed by atoms with van der Waals surface area (Å²) in [5.41, 5.74) is 7.25. The average molecular weight is 342 g/mol. The molecule has 4 rings (SSSR count). The van der Waals surface area contributed by atoms with Gasteiger partial charge < -0.3 is 5.32 Å². The van der Waals surface area contributed by atoms with E-state index < -0.39 is 0 Å². The van der Waals surface area contributed by atoms with Gasteiger partial charge in [-0.05, 0) is 50.1 Å². The number of rotatable bonds is 3. The molecule has 26 heavy (non-hydrogen) atoms. The molecule has 3 aromatic carbocycles. The summed E-state index contributed by atoms with van der Waals surface area (Å²) in [6.07, 6.45) is -0.221. The zero-order chi connectivity index (χ0) is 18.3. The van der Waals surface area contributed by atoms with Gasteiger partial charge in [-0.1, -0.05) is 54.1 Å². The van der Waals surface area contributed by atoms with Crippen molar-refractivity contribution in [2.24, 2.45) is 0 Å². The Morgan fingerprint density at radius 2 is 1.58 bits per heavy atom. The number of hydrogen-bond donors (Lipinski definition) is 1. The van der Waals surface area contributed by atoms with Gasteiger partial charge in [0, 0.05) is 22.5 Å². The SMILES string of the molecule is Cc1ccc(NC2c3ccccc3C(=O)N2c2ccccc2C)c(C)c1. The molecule has 130 valence electrons. The van der Waals surface area contributed by atoms with Gasteiger partial charge in [0.25, 0.3) is 5.91 Å². The largest absolute Gasteiger partial charge is 0.361 e. The van der Waals surface area contributed by atoms with Crippen LogP contribution in [0.4, 0.5) is 11.4 Å². The summed E-state index contributed by atoms with van der Waals surface area (Å²) in [5, 5.41) is 3.60. The lowest BCUT2D eigenvalue weighted by Gasteiger charge is -2.29. The lowest BCUT2D eigenvalue weighted by Crippen LogP contribution is -2.33. The molecule has 3 nitrogen and oxygen atoms in total. The Bertz CT molecular complexity index is 993. The molecule has 0 fully saturated rings. The second-order valence-electron chi connectivity index (χ2n) is 6.91. The van der Waals surface area contributed by atoms with E-state index in [1.54, 1.807) is 0 Å². The fourth-order valence-electron chi connectivity index (χ4n) is 3.66. The number of fused-ring (bicyclic) bond motifs is 1. The van der Waals surface area contributed by atoms with E-state index in [0.29, 0.717) is 0 Å². The molecule has 0 spiro atoms. The molecule has 1 heterocycles. The number of para-hydroxylation sites is 1. The second kappa shape index (κ2) is 6.34. The highest BCUT2D eigenvalue weighted by Crippen LogP contribution is 2.39. The molecule has 3 heteroatoms. The van der Waals surface area contributed by atoms with Crippen LogP contribution in [0.15, 0.2) is 66.7 Å². The summed E-state index contributed by atoms with van der Waals surface area (Å²) < 4.78 is 0. The van der Waals surface area contributed by atoms with Crippen molar-refractivity contribution in [3.8, 4) is 0 Å². The van der Waals surface area contributed by atoms with Gasteiger partial charge in [-0.15, -0.1) is 0 Å². The third kappa shape index (κ3) is 2.66. The molecule has 1 aliphatic heterocycles. The maximum absolute atomic E-state index is 13.2. The normalized spacial score (nSPS) is 15.9. The number of nitrogens with one attached hydrogen (secondary N) is 1. The van der Waals surface area contributed by atoms with E-state index in [4.69, 9.17) is 0 Å². The van der Waals surface area contributed by atoms with Crippen LogP contribution in [0.1, 0.15) is 38.8 Å². The molecule has 0 aromatic heterocycles. The molecule has 0 bridgehead atoms. The van der Waals surface area contributed by atoms with Crippen LogP contribution in [0.25, 0.3) is 0 Å². The second-order valence-corrected chi connectivity index (χ2v) is 6.91. The Labute approximate surface area is 154 Å². The highest BCUT2D eigenvalue weighted by Gasteiger charge is 2.38. The number of carbonyl (C=O) groups is 1. The standard InChI is InChI=1S/C23H22N2O/c1-15-12-13-20(17(3)14-15)24-22-18-9-5-6-10-19(18)23(26)25(22)21-11-7-4-8-16(21)2/h4-14,22,24H,1-3H3. The summed E-state index contributed by atoms with van der Waals surface area (Å²) >= 11 is 0. The van der Waals surface area contributed by atoms with Crippen LogP contribution >= 0.6 is 0 Å². The smallest absolute Gasteiger partial charge is 0.260 e. The van der Waals surface area contributed by atoms with Crippen LogP contribution in [0.5, 0.6) is 0 Å². The molecule has 1 amide bonds. The molecule has 0 saturated carbocycles. The fraction of sp³-hybridized carbons (Fsp3) is 0.174. The van der Waals surface area contributed by atoms with Crippen molar-refractivity contribution in [2.75, 3.05) is 10.2 Å². The lowest BCUT2D eigenvalue weighted by molar-refractivity contribution is 0.0993. The number of nitrogens with zero attached hydrogens (tertiary/aromatic N) is 1. The van der Waals surface area contributed by atoms with Crippen molar-refractivity contribution in [3.63, 3.8) is 0 Å². The summed E-state index contributed by atoms with van der Waals surface area (Å²) in [6, 6.07) is 22.2. The Morgan fingerprint density at radius 1 is 0.846 bits per heavy atom. The first-order valence-corrected chi connectivity index (χ1v) is 8.88. The van der Waals surface area contributed by atoms with E-state index in [2.05, 4.69) is 37.4 Å². The third-order valence-electron chi connectivity index (χ3n) is 5.01. The number of anilines is 2. The maximum atomic E-state index is 13.2. The molecule has 0 radical (unpaired) electrons. The van der Waals surface area contributed by atoms with E-state index in [-0.39, 0.29) is 12.1 Å². The van der Waals surface area contributed by atoms with Gasteiger partial charge in [0.1, 0.15) is 6.17 Å². The van der Waals surface area contributed by atoms with Crippen molar-refractivity contribution >= 4 is 17.3 Å². The van der Waals surface area contributed by atoms with Crippen LogP contribution < -0.4 is 10.2 Å². The van der Waals surface area contributed by atoms with Crippen molar-refractivity contribution < 1.29 is 4.79 Å². The summed E-state index contributed by atoms with van der Waals surface area (Å²) in [7, 11) is 0. The van der Waals surface area contributed by atoms with Gasteiger partial charge in [-0.3, -0.25) is 9.69 Å². The van der Waals surface area contributed by atoms with Crippen LogP contribution in [-0.4, -0.2) is 5.91 Å². The molecule has 1 atom stereocenters. The highest BCUT2D eigenvalue weighted by atomic mass is 16.2. The number of amides is 1. The minimum atomic E-state index is -0.221. The fourth-order valence-corrected chi connectivity index (χ4v) is 3.66. The predicted molar refractivity (Wildman–Crippen MR) is 107 cm³/mol. The topological polar surface area (TPSA) is 32.3 Å². The van der Waals surface area contributed by atoms with Crippen molar-refractivity contribution in [3.05, 3.63) is 94.5 Å². The monoisotopic (exact) mass is 342 g/mol. The van der Waals surface area contributed by atoms with Crippen LogP contribution in [-0.2, 0) is 0 Å². The van der Waals surface area contributed by atoms with E-state index in [1.165, 1.54) is 11.1 Å². The predicted octanol–water partition coefficient (Wildman–Crippen LogP) is 5.38. The van der Waals surface area contributed by atoms with Crippen molar-refractivity contribution in [2.45, 2.75) is 26.9 Å². The zero-order valence-corrected chi connectivity index (χ0v) is 15.3. The first kappa shape index (κ1) is 16.4. The molecule has 1 aliphatic rings. The molecular weight excluding hydrogens is 320 g/mol. The molecule has 3 aromatic rings. The quantitative estimate of drug-likeness (QED) is 0.693. The first-order chi connectivity index (χ1) is 12.6. The number of hydrogen-bond acceptors (Lipinski definition) is 2. The molecule has 1 N–H and O–H groups in total.